The fourth-order valence-corrected chi connectivity index (χ4v) is 4.37. The summed E-state index contributed by atoms with van der Waals surface area (Å²) in [6, 6.07) is 10.5. The summed E-state index contributed by atoms with van der Waals surface area (Å²) in [5.74, 6) is 1.53. The highest BCUT2D eigenvalue weighted by Crippen LogP contribution is 2.38. The fraction of sp³-hybridized carbons (Fsp3) is 0.294. The topological polar surface area (TPSA) is 51.8 Å². The monoisotopic (exact) mass is 295 g/mol. The minimum atomic E-state index is 0.669. The van der Waals surface area contributed by atoms with E-state index < -0.39 is 0 Å². The Labute approximate surface area is 127 Å². The van der Waals surface area contributed by atoms with Gasteiger partial charge in [0.2, 0.25) is 0 Å². The van der Waals surface area contributed by atoms with E-state index in [-0.39, 0.29) is 0 Å². The molecule has 0 amide bonds. The summed E-state index contributed by atoms with van der Waals surface area (Å²) in [5, 5.41) is 1.12. The van der Waals surface area contributed by atoms with Crippen LogP contribution in [0.15, 0.2) is 30.3 Å². The molecule has 2 heterocycles. The van der Waals surface area contributed by atoms with E-state index in [2.05, 4.69) is 29.2 Å². The van der Waals surface area contributed by atoms with Crippen molar-refractivity contribution in [3.8, 4) is 0 Å². The predicted molar refractivity (Wildman–Crippen MR) is 87.7 cm³/mol. The molecule has 0 spiro atoms. The van der Waals surface area contributed by atoms with Gasteiger partial charge in [-0.25, -0.2) is 9.97 Å². The quantitative estimate of drug-likeness (QED) is 0.804. The molecular formula is C17H17N3S. The third-order valence-electron chi connectivity index (χ3n) is 4.12. The number of hydrogen-bond donors (Lipinski definition) is 1. The molecule has 0 atom stereocenters. The lowest BCUT2D eigenvalue weighted by Gasteiger charge is -2.04. The molecule has 3 nitrogen and oxygen atoms in total. The van der Waals surface area contributed by atoms with Crippen molar-refractivity contribution in [1.82, 2.24) is 9.97 Å². The van der Waals surface area contributed by atoms with E-state index >= 15 is 0 Å². The van der Waals surface area contributed by atoms with E-state index in [1.807, 2.05) is 6.07 Å². The largest absolute Gasteiger partial charge is 0.383 e. The number of rotatable bonds is 3. The van der Waals surface area contributed by atoms with Crippen molar-refractivity contribution >= 4 is 27.4 Å². The number of fused-ring (bicyclic) bond motifs is 3. The summed E-state index contributed by atoms with van der Waals surface area (Å²) in [6.07, 6.45) is 5.34. The molecule has 1 aromatic carbocycles. The maximum absolute atomic E-state index is 6.20. The predicted octanol–water partition coefficient (Wildman–Crippen LogP) is 3.55. The van der Waals surface area contributed by atoms with Gasteiger partial charge in [-0.15, -0.1) is 11.3 Å². The molecule has 0 radical (unpaired) electrons. The van der Waals surface area contributed by atoms with Crippen LogP contribution in [0.3, 0.4) is 0 Å². The van der Waals surface area contributed by atoms with Crippen molar-refractivity contribution in [2.45, 2.75) is 32.1 Å². The Morgan fingerprint density at radius 1 is 1.05 bits per heavy atom. The first-order valence-electron chi connectivity index (χ1n) is 7.42. The molecule has 2 N–H and O–H groups in total. The van der Waals surface area contributed by atoms with Gasteiger partial charge < -0.3 is 5.73 Å². The number of anilines is 1. The molecule has 4 heteroatoms. The zero-order valence-electron chi connectivity index (χ0n) is 11.8. The maximum Gasteiger partial charge on any atom is 0.136 e. The lowest BCUT2D eigenvalue weighted by molar-refractivity contribution is 0.873. The summed E-state index contributed by atoms with van der Waals surface area (Å²) >= 11 is 1.81. The smallest absolute Gasteiger partial charge is 0.136 e. The molecule has 0 fully saturated rings. The Kier molecular flexibility index (Phi) is 3.11. The van der Waals surface area contributed by atoms with E-state index in [1.54, 1.807) is 11.3 Å². The van der Waals surface area contributed by atoms with Crippen molar-refractivity contribution in [2.75, 3.05) is 5.73 Å². The third-order valence-corrected chi connectivity index (χ3v) is 5.30. The van der Waals surface area contributed by atoms with Gasteiger partial charge in [0.15, 0.2) is 0 Å². The Morgan fingerprint density at radius 2 is 1.90 bits per heavy atom. The van der Waals surface area contributed by atoms with Crippen molar-refractivity contribution in [3.63, 3.8) is 0 Å². The van der Waals surface area contributed by atoms with E-state index in [4.69, 9.17) is 10.7 Å². The summed E-state index contributed by atoms with van der Waals surface area (Å²) in [5.41, 5.74) is 8.92. The van der Waals surface area contributed by atoms with Crippen LogP contribution in [-0.4, -0.2) is 9.97 Å². The second kappa shape index (κ2) is 5.11. The number of aromatic nitrogens is 2. The molecular weight excluding hydrogens is 278 g/mol. The van der Waals surface area contributed by atoms with Crippen LogP contribution in [0.4, 0.5) is 5.82 Å². The molecule has 1 aliphatic rings. The Balaban J connectivity index is 1.65. The maximum atomic E-state index is 6.20. The highest BCUT2D eigenvalue weighted by Gasteiger charge is 2.21. The second-order valence-electron chi connectivity index (χ2n) is 5.55. The summed E-state index contributed by atoms with van der Waals surface area (Å²) in [4.78, 5) is 11.8. The van der Waals surface area contributed by atoms with Crippen molar-refractivity contribution < 1.29 is 0 Å². The van der Waals surface area contributed by atoms with Crippen LogP contribution in [0, 0.1) is 0 Å². The van der Waals surface area contributed by atoms with Crippen molar-refractivity contribution in [2.24, 2.45) is 0 Å². The average Bonchev–Trinajstić information content (AvgIpc) is 3.06. The summed E-state index contributed by atoms with van der Waals surface area (Å²) in [6.45, 7) is 0. The van der Waals surface area contributed by atoms with Gasteiger partial charge in [0.05, 0.1) is 5.39 Å². The molecule has 4 rings (SSSR count). The lowest BCUT2D eigenvalue weighted by Crippen LogP contribution is -2.02. The van der Waals surface area contributed by atoms with Gasteiger partial charge in [-0.1, -0.05) is 30.3 Å². The normalized spacial score (nSPS) is 13.7. The minimum Gasteiger partial charge on any atom is -0.383 e. The highest BCUT2D eigenvalue weighted by atomic mass is 32.1. The molecule has 1 aliphatic carbocycles. The first-order valence-corrected chi connectivity index (χ1v) is 8.23. The van der Waals surface area contributed by atoms with Crippen molar-refractivity contribution in [3.05, 3.63) is 52.2 Å². The van der Waals surface area contributed by atoms with Crippen LogP contribution in [0.2, 0.25) is 0 Å². The molecule has 2 aromatic heterocycles. The van der Waals surface area contributed by atoms with Gasteiger partial charge in [0.1, 0.15) is 16.5 Å². The molecule has 0 bridgehead atoms. The van der Waals surface area contributed by atoms with E-state index in [1.165, 1.54) is 28.8 Å². The van der Waals surface area contributed by atoms with E-state index in [9.17, 15) is 0 Å². The number of hydrogen-bond acceptors (Lipinski definition) is 4. The third kappa shape index (κ3) is 2.29. The number of nitrogen functional groups attached to an aromatic ring is 1. The van der Waals surface area contributed by atoms with Gasteiger partial charge in [-0.05, 0) is 36.8 Å². The number of nitrogens with zero attached hydrogens (tertiary/aromatic N) is 2. The molecule has 21 heavy (non-hydrogen) atoms. The zero-order chi connectivity index (χ0) is 14.2. The van der Waals surface area contributed by atoms with Crippen LogP contribution in [-0.2, 0) is 25.7 Å². The number of nitrogens with two attached hydrogens (primary N) is 1. The number of benzene rings is 1. The van der Waals surface area contributed by atoms with Crippen LogP contribution in [0.25, 0.3) is 10.2 Å². The molecule has 3 aromatic rings. The first kappa shape index (κ1) is 12.8. The number of thiophene rings is 1. The van der Waals surface area contributed by atoms with Gasteiger partial charge in [0.25, 0.3) is 0 Å². The van der Waals surface area contributed by atoms with Crippen molar-refractivity contribution in [1.29, 1.82) is 0 Å². The van der Waals surface area contributed by atoms with Gasteiger partial charge >= 0.3 is 0 Å². The molecule has 106 valence electrons. The van der Waals surface area contributed by atoms with Gasteiger partial charge in [0, 0.05) is 11.3 Å². The Hall–Kier alpha value is -1.94. The molecule has 0 saturated heterocycles. The second-order valence-corrected chi connectivity index (χ2v) is 6.63. The molecule has 0 unspecified atom stereocenters. The summed E-state index contributed by atoms with van der Waals surface area (Å²) < 4.78 is 0. The van der Waals surface area contributed by atoms with E-state index in [0.717, 1.165) is 35.3 Å². The van der Waals surface area contributed by atoms with Gasteiger partial charge in [-0.2, -0.15) is 0 Å². The van der Waals surface area contributed by atoms with Gasteiger partial charge in [-0.3, -0.25) is 0 Å². The number of aryl methyl sites for hydroxylation is 4. The Morgan fingerprint density at radius 3 is 2.76 bits per heavy atom. The summed E-state index contributed by atoms with van der Waals surface area (Å²) in [7, 11) is 0. The highest BCUT2D eigenvalue weighted by molar-refractivity contribution is 7.19. The molecule has 0 saturated carbocycles. The molecule has 0 aliphatic heterocycles. The average molecular weight is 295 g/mol. The SMILES string of the molecule is Nc1nc(CCc2ccccc2)nc2sc3c(c12)CCC3. The van der Waals surface area contributed by atoms with Crippen LogP contribution >= 0.6 is 11.3 Å². The lowest BCUT2D eigenvalue weighted by atomic mass is 10.1. The zero-order valence-corrected chi connectivity index (χ0v) is 12.6. The standard InChI is InChI=1S/C17H17N3S/c18-16-15-12-7-4-8-13(12)21-17(15)20-14(19-16)10-9-11-5-2-1-3-6-11/h1-3,5-6H,4,7-10H2,(H2,18,19,20). The minimum absolute atomic E-state index is 0.669. The van der Waals surface area contributed by atoms with Crippen LogP contribution in [0.5, 0.6) is 0 Å². The van der Waals surface area contributed by atoms with E-state index in [0.29, 0.717) is 5.82 Å². The van der Waals surface area contributed by atoms with Crippen LogP contribution < -0.4 is 5.73 Å². The first-order chi connectivity index (χ1) is 10.3. The fourth-order valence-electron chi connectivity index (χ4n) is 3.08. The van der Waals surface area contributed by atoms with Crippen LogP contribution in [0.1, 0.15) is 28.2 Å². The Bertz CT molecular complexity index is 793.